The van der Waals surface area contributed by atoms with Gasteiger partial charge in [0.05, 0.1) is 17.9 Å². The number of carbonyl (C=O) groups is 1. The van der Waals surface area contributed by atoms with Crippen molar-refractivity contribution in [2.45, 2.75) is 19.9 Å². The van der Waals surface area contributed by atoms with E-state index in [1.807, 2.05) is 6.92 Å². The number of hydrogen-bond donors (Lipinski definition) is 2. The lowest BCUT2D eigenvalue weighted by Crippen LogP contribution is -2.24. The second-order valence-electron chi connectivity index (χ2n) is 2.86. The maximum Gasteiger partial charge on any atom is 0.217 e. The van der Waals surface area contributed by atoms with E-state index in [2.05, 4.69) is 10.3 Å². The summed E-state index contributed by atoms with van der Waals surface area (Å²) < 4.78 is 0. The molecule has 0 radical (unpaired) electrons. The van der Waals surface area contributed by atoms with Crippen LogP contribution in [0.4, 0.5) is 0 Å². The maximum atomic E-state index is 10.7. The van der Waals surface area contributed by atoms with Gasteiger partial charge in [0, 0.05) is 6.92 Å². The molecule has 4 nitrogen and oxygen atoms in total. The summed E-state index contributed by atoms with van der Waals surface area (Å²) in [5.41, 5.74) is 0.730. The van der Waals surface area contributed by atoms with E-state index in [9.17, 15) is 4.79 Å². The summed E-state index contributed by atoms with van der Waals surface area (Å²) >= 11 is 0. The Balaban J connectivity index is 2.71. The van der Waals surface area contributed by atoms with Gasteiger partial charge in [-0.25, -0.2) is 0 Å². The van der Waals surface area contributed by atoms with Crippen molar-refractivity contribution in [1.29, 1.82) is 0 Å². The van der Waals surface area contributed by atoms with Gasteiger partial charge in [-0.15, -0.1) is 0 Å². The van der Waals surface area contributed by atoms with E-state index >= 15 is 0 Å². The monoisotopic (exact) mass is 180 g/mol. The summed E-state index contributed by atoms with van der Waals surface area (Å²) in [6.45, 7) is 3.29. The van der Waals surface area contributed by atoms with Crippen LogP contribution in [0.2, 0.25) is 0 Å². The molecule has 0 aliphatic rings. The van der Waals surface area contributed by atoms with Gasteiger partial charge in [0.25, 0.3) is 0 Å². The molecule has 0 saturated heterocycles. The number of carbonyl (C=O) groups excluding carboxylic acids is 1. The highest BCUT2D eigenvalue weighted by Crippen LogP contribution is 2.12. The first-order valence-electron chi connectivity index (χ1n) is 4.01. The highest BCUT2D eigenvalue weighted by molar-refractivity contribution is 5.73. The first-order chi connectivity index (χ1) is 6.09. The minimum absolute atomic E-state index is 0.0950. The molecule has 0 aromatic carbocycles. The fourth-order valence-corrected chi connectivity index (χ4v) is 1.03. The SMILES string of the molecule is CC(=O)N[C@@H](C)c1ccc(O)cn1. The molecule has 1 aromatic rings. The number of hydrogen-bond acceptors (Lipinski definition) is 3. The Morgan fingerprint density at radius 1 is 1.62 bits per heavy atom. The molecule has 0 saturated carbocycles. The van der Waals surface area contributed by atoms with Gasteiger partial charge in [-0.2, -0.15) is 0 Å². The van der Waals surface area contributed by atoms with Crippen molar-refractivity contribution >= 4 is 5.91 Å². The number of aromatic hydroxyl groups is 1. The Bertz CT molecular complexity index is 295. The molecule has 0 aliphatic carbocycles. The van der Waals surface area contributed by atoms with Crippen molar-refractivity contribution in [3.05, 3.63) is 24.0 Å². The van der Waals surface area contributed by atoms with Crippen LogP contribution in [0, 0.1) is 0 Å². The van der Waals surface area contributed by atoms with Crippen LogP contribution in [0.1, 0.15) is 25.6 Å². The molecule has 2 N–H and O–H groups in total. The number of nitrogens with zero attached hydrogens (tertiary/aromatic N) is 1. The Kier molecular flexibility index (Phi) is 2.84. The molecular formula is C9H12N2O2. The predicted octanol–water partition coefficient (Wildman–Crippen LogP) is 0.984. The fourth-order valence-electron chi connectivity index (χ4n) is 1.03. The van der Waals surface area contributed by atoms with Crippen molar-refractivity contribution in [3.8, 4) is 5.75 Å². The molecule has 13 heavy (non-hydrogen) atoms. The molecule has 0 aliphatic heterocycles. The summed E-state index contributed by atoms with van der Waals surface area (Å²) in [6, 6.07) is 3.09. The predicted molar refractivity (Wildman–Crippen MR) is 48.1 cm³/mol. The third kappa shape index (κ3) is 2.74. The molecule has 4 heteroatoms. The molecule has 0 spiro atoms. The molecule has 1 aromatic heterocycles. The van der Waals surface area contributed by atoms with Gasteiger partial charge < -0.3 is 10.4 Å². The summed E-state index contributed by atoms with van der Waals surface area (Å²) in [5, 5.41) is 11.7. The Hall–Kier alpha value is -1.58. The Labute approximate surface area is 76.6 Å². The number of nitrogens with one attached hydrogen (secondary N) is 1. The molecule has 0 unspecified atom stereocenters. The topological polar surface area (TPSA) is 62.2 Å². The van der Waals surface area contributed by atoms with E-state index in [0.717, 1.165) is 5.69 Å². The summed E-state index contributed by atoms with van der Waals surface area (Å²) in [4.78, 5) is 14.7. The Morgan fingerprint density at radius 3 is 2.77 bits per heavy atom. The first kappa shape index (κ1) is 9.51. The lowest BCUT2D eigenvalue weighted by atomic mass is 10.2. The zero-order valence-electron chi connectivity index (χ0n) is 7.61. The fraction of sp³-hybridized carbons (Fsp3) is 0.333. The summed E-state index contributed by atoms with van der Waals surface area (Å²) in [7, 11) is 0. The van der Waals surface area contributed by atoms with Crippen molar-refractivity contribution in [2.75, 3.05) is 0 Å². The lowest BCUT2D eigenvalue weighted by Gasteiger charge is -2.11. The highest BCUT2D eigenvalue weighted by Gasteiger charge is 2.06. The van der Waals surface area contributed by atoms with E-state index in [1.54, 1.807) is 12.1 Å². The molecule has 1 heterocycles. The van der Waals surface area contributed by atoms with Crippen LogP contribution in [0.5, 0.6) is 5.75 Å². The second kappa shape index (κ2) is 3.89. The normalized spacial score (nSPS) is 12.2. The first-order valence-corrected chi connectivity index (χ1v) is 4.01. The zero-order valence-corrected chi connectivity index (χ0v) is 7.61. The molecule has 0 fully saturated rings. The van der Waals surface area contributed by atoms with Gasteiger partial charge in [0.2, 0.25) is 5.91 Å². The van der Waals surface area contributed by atoms with Crippen molar-refractivity contribution < 1.29 is 9.90 Å². The van der Waals surface area contributed by atoms with Gasteiger partial charge in [-0.3, -0.25) is 9.78 Å². The molecule has 70 valence electrons. The average Bonchev–Trinajstić information content (AvgIpc) is 2.04. The van der Waals surface area contributed by atoms with Crippen LogP contribution in [-0.4, -0.2) is 16.0 Å². The number of rotatable bonds is 2. The zero-order chi connectivity index (χ0) is 9.84. The van der Waals surface area contributed by atoms with Crippen LogP contribution >= 0.6 is 0 Å². The van der Waals surface area contributed by atoms with Crippen LogP contribution in [0.3, 0.4) is 0 Å². The molecule has 0 bridgehead atoms. The third-order valence-corrected chi connectivity index (χ3v) is 1.63. The van der Waals surface area contributed by atoms with Gasteiger partial charge in [0.15, 0.2) is 0 Å². The third-order valence-electron chi connectivity index (χ3n) is 1.63. The average molecular weight is 180 g/mol. The molecular weight excluding hydrogens is 168 g/mol. The van der Waals surface area contributed by atoms with Crippen molar-refractivity contribution in [2.24, 2.45) is 0 Å². The molecule has 1 rings (SSSR count). The van der Waals surface area contributed by atoms with Gasteiger partial charge >= 0.3 is 0 Å². The highest BCUT2D eigenvalue weighted by atomic mass is 16.3. The van der Waals surface area contributed by atoms with Gasteiger partial charge in [-0.1, -0.05) is 0 Å². The van der Waals surface area contributed by atoms with E-state index in [1.165, 1.54) is 13.1 Å². The number of amides is 1. The minimum atomic E-state index is -0.127. The quantitative estimate of drug-likeness (QED) is 0.713. The second-order valence-corrected chi connectivity index (χ2v) is 2.86. The minimum Gasteiger partial charge on any atom is -0.506 e. The van der Waals surface area contributed by atoms with Crippen molar-refractivity contribution in [3.63, 3.8) is 0 Å². The van der Waals surface area contributed by atoms with Crippen LogP contribution < -0.4 is 5.32 Å². The Morgan fingerprint density at radius 2 is 2.31 bits per heavy atom. The van der Waals surface area contributed by atoms with Crippen LogP contribution in [-0.2, 0) is 4.79 Å². The van der Waals surface area contributed by atoms with Crippen LogP contribution in [0.25, 0.3) is 0 Å². The van der Waals surface area contributed by atoms with Gasteiger partial charge in [-0.05, 0) is 19.1 Å². The van der Waals surface area contributed by atoms with Crippen LogP contribution in [0.15, 0.2) is 18.3 Å². The number of aromatic nitrogens is 1. The lowest BCUT2D eigenvalue weighted by molar-refractivity contribution is -0.119. The van der Waals surface area contributed by atoms with Crippen molar-refractivity contribution in [1.82, 2.24) is 10.3 Å². The summed E-state index contributed by atoms with van der Waals surface area (Å²) in [5.74, 6) is 0.0288. The van der Waals surface area contributed by atoms with E-state index in [4.69, 9.17) is 5.11 Å². The summed E-state index contributed by atoms with van der Waals surface area (Å²) in [6.07, 6.45) is 1.35. The van der Waals surface area contributed by atoms with E-state index in [0.29, 0.717) is 0 Å². The number of pyridine rings is 1. The molecule has 1 amide bonds. The smallest absolute Gasteiger partial charge is 0.217 e. The maximum absolute atomic E-state index is 10.7. The van der Waals surface area contributed by atoms with E-state index in [-0.39, 0.29) is 17.7 Å². The van der Waals surface area contributed by atoms with E-state index < -0.39 is 0 Å². The van der Waals surface area contributed by atoms with Gasteiger partial charge in [0.1, 0.15) is 5.75 Å². The standard InChI is InChI=1S/C9H12N2O2/c1-6(11-7(2)12)9-4-3-8(13)5-10-9/h3-6,13H,1-2H3,(H,11,12)/t6-/m0/s1. The molecule has 1 atom stereocenters. The largest absolute Gasteiger partial charge is 0.506 e.